The van der Waals surface area contributed by atoms with Crippen LogP contribution in [0, 0.1) is 0 Å². The van der Waals surface area contributed by atoms with E-state index in [2.05, 4.69) is 15.2 Å². The largest absolute Gasteiger partial charge is 0.493 e. The molecule has 130 valence electrons. The average molecular weight is 353 g/mol. The third-order valence-corrected chi connectivity index (χ3v) is 3.63. The minimum Gasteiger partial charge on any atom is -0.493 e. The van der Waals surface area contributed by atoms with Crippen LogP contribution in [0.2, 0.25) is 0 Å². The summed E-state index contributed by atoms with van der Waals surface area (Å²) >= 11 is 0. The van der Waals surface area contributed by atoms with Crippen LogP contribution in [0.1, 0.15) is 31.1 Å². The predicted octanol–water partition coefficient (Wildman–Crippen LogP) is 3.19. The molecular formula is C17H11N3O6. The molecule has 1 aromatic heterocycles. The first kappa shape index (κ1) is 16.8. The molecular weight excluding hydrogens is 342 g/mol. The number of aromatic hydroxyl groups is 1. The maximum atomic E-state index is 12.2. The predicted molar refractivity (Wildman–Crippen MR) is 89.2 cm³/mol. The van der Waals surface area contributed by atoms with Crippen molar-refractivity contribution >= 4 is 34.4 Å². The smallest absolute Gasteiger partial charge is 0.336 e. The number of benzene rings is 2. The molecule has 0 aliphatic heterocycles. The number of rotatable bonds is 4. The van der Waals surface area contributed by atoms with Crippen LogP contribution in [0.15, 0.2) is 52.7 Å². The Hall–Kier alpha value is -4.01. The van der Waals surface area contributed by atoms with Crippen molar-refractivity contribution in [3.8, 4) is 5.88 Å². The van der Waals surface area contributed by atoms with Crippen molar-refractivity contribution in [1.82, 2.24) is 4.98 Å². The van der Waals surface area contributed by atoms with Gasteiger partial charge >= 0.3 is 11.9 Å². The molecule has 0 fully saturated rings. The number of azo groups is 1. The second-order valence-corrected chi connectivity index (χ2v) is 5.24. The van der Waals surface area contributed by atoms with E-state index < -0.39 is 23.4 Å². The Kier molecular flexibility index (Phi) is 4.19. The van der Waals surface area contributed by atoms with Crippen LogP contribution >= 0.6 is 0 Å². The lowest BCUT2D eigenvalue weighted by atomic mass is 10.0. The summed E-state index contributed by atoms with van der Waals surface area (Å²) in [6, 6.07) is 9.84. The zero-order valence-corrected chi connectivity index (χ0v) is 13.0. The van der Waals surface area contributed by atoms with Gasteiger partial charge in [-0.3, -0.25) is 4.79 Å². The zero-order chi connectivity index (χ0) is 18.8. The lowest BCUT2D eigenvalue weighted by molar-refractivity contribution is 0.0692. The molecule has 1 amide bonds. The number of carbonyl (C=O) groups excluding carboxylic acids is 1. The number of carboxylic acids is 2. The van der Waals surface area contributed by atoms with Crippen molar-refractivity contribution in [2.24, 2.45) is 10.2 Å². The summed E-state index contributed by atoms with van der Waals surface area (Å²) in [6.07, 6.45) is 0. The molecule has 3 rings (SSSR count). The van der Waals surface area contributed by atoms with Crippen LogP contribution in [0.4, 0.5) is 5.69 Å². The van der Waals surface area contributed by atoms with Gasteiger partial charge in [-0.1, -0.05) is 18.2 Å². The number of amides is 1. The number of carboxylic acid groups (broad SMARTS) is 2. The summed E-state index contributed by atoms with van der Waals surface area (Å²) in [5.74, 6) is -4.06. The fraction of sp³-hybridized carbons (Fsp3) is 0. The normalized spacial score (nSPS) is 11.1. The van der Waals surface area contributed by atoms with Gasteiger partial charge in [0.1, 0.15) is 0 Å². The van der Waals surface area contributed by atoms with E-state index in [0.717, 1.165) is 18.2 Å². The van der Waals surface area contributed by atoms with Crippen molar-refractivity contribution in [1.29, 1.82) is 0 Å². The average Bonchev–Trinajstić information content (AvgIpc) is 2.94. The topological polar surface area (TPSA) is 152 Å². The number of aromatic nitrogens is 1. The number of nitrogens with one attached hydrogen (secondary N) is 1. The summed E-state index contributed by atoms with van der Waals surface area (Å²) in [5, 5.41) is 35.7. The molecule has 9 nitrogen and oxygen atoms in total. The number of nitrogens with zero attached hydrogens (tertiary/aromatic N) is 2. The molecule has 2 aromatic carbocycles. The Morgan fingerprint density at radius 2 is 1.65 bits per heavy atom. The fourth-order valence-corrected chi connectivity index (χ4v) is 2.40. The first-order chi connectivity index (χ1) is 12.4. The Morgan fingerprint density at radius 1 is 0.923 bits per heavy atom. The summed E-state index contributed by atoms with van der Waals surface area (Å²) < 4.78 is 0. The van der Waals surface area contributed by atoms with E-state index in [9.17, 15) is 24.6 Å². The summed E-state index contributed by atoms with van der Waals surface area (Å²) in [5.41, 5.74) is -0.468. The number of aromatic carboxylic acids is 2. The standard InChI is InChI=1S/C17H11N3O6/c21-14(9-6-5-8(16(23)24)7-11(9)17(25)26)20-19-13-10-3-1-2-4-12(10)18-15(13)22/h1-7,18,22H,(H,23,24)(H,25,26). The van der Waals surface area contributed by atoms with E-state index in [1.54, 1.807) is 24.3 Å². The molecule has 0 unspecified atom stereocenters. The summed E-state index contributed by atoms with van der Waals surface area (Å²) in [7, 11) is 0. The molecule has 0 spiro atoms. The molecule has 9 heteroatoms. The van der Waals surface area contributed by atoms with Crippen LogP contribution in [0.5, 0.6) is 5.88 Å². The number of fused-ring (bicyclic) bond motifs is 1. The molecule has 0 aliphatic carbocycles. The van der Waals surface area contributed by atoms with Gasteiger partial charge in [0.05, 0.1) is 22.2 Å². The molecule has 3 aromatic rings. The van der Waals surface area contributed by atoms with Crippen LogP contribution in [0.25, 0.3) is 10.9 Å². The summed E-state index contributed by atoms with van der Waals surface area (Å²) in [4.78, 5) is 37.2. The zero-order valence-electron chi connectivity index (χ0n) is 13.0. The minimum absolute atomic E-state index is 0.0352. The number of H-pyrrole nitrogens is 1. The van der Waals surface area contributed by atoms with Crippen LogP contribution in [-0.2, 0) is 0 Å². The highest BCUT2D eigenvalue weighted by molar-refractivity contribution is 6.06. The van der Waals surface area contributed by atoms with Crippen LogP contribution < -0.4 is 0 Å². The highest BCUT2D eigenvalue weighted by Crippen LogP contribution is 2.35. The second kappa shape index (κ2) is 6.48. The van der Waals surface area contributed by atoms with Crippen molar-refractivity contribution in [3.63, 3.8) is 0 Å². The van der Waals surface area contributed by atoms with Gasteiger partial charge in [-0.2, -0.15) is 0 Å². The summed E-state index contributed by atoms with van der Waals surface area (Å²) in [6.45, 7) is 0. The first-order valence-electron chi connectivity index (χ1n) is 7.25. The third-order valence-electron chi connectivity index (χ3n) is 3.63. The van der Waals surface area contributed by atoms with E-state index in [4.69, 9.17) is 5.11 Å². The molecule has 1 heterocycles. The van der Waals surface area contributed by atoms with Crippen molar-refractivity contribution < 1.29 is 29.7 Å². The molecule has 26 heavy (non-hydrogen) atoms. The van der Waals surface area contributed by atoms with E-state index in [1.807, 2.05) is 0 Å². The monoisotopic (exact) mass is 353 g/mol. The van der Waals surface area contributed by atoms with Crippen molar-refractivity contribution in [2.45, 2.75) is 0 Å². The van der Waals surface area contributed by atoms with Gasteiger partial charge in [0.25, 0.3) is 5.91 Å². The Balaban J connectivity index is 1.99. The van der Waals surface area contributed by atoms with Gasteiger partial charge in [-0.05, 0) is 24.3 Å². The fourth-order valence-electron chi connectivity index (χ4n) is 2.40. The highest BCUT2D eigenvalue weighted by atomic mass is 16.4. The van der Waals surface area contributed by atoms with E-state index >= 15 is 0 Å². The lowest BCUT2D eigenvalue weighted by Gasteiger charge is -2.03. The van der Waals surface area contributed by atoms with E-state index in [0.29, 0.717) is 10.9 Å². The molecule has 0 radical (unpaired) electrons. The second-order valence-electron chi connectivity index (χ2n) is 5.24. The maximum Gasteiger partial charge on any atom is 0.336 e. The number of carbonyl (C=O) groups is 3. The Labute approximate surface area is 145 Å². The Morgan fingerprint density at radius 3 is 2.35 bits per heavy atom. The van der Waals surface area contributed by atoms with Crippen LogP contribution in [-0.4, -0.2) is 38.1 Å². The van der Waals surface area contributed by atoms with Gasteiger partial charge in [-0.15, -0.1) is 10.2 Å². The maximum absolute atomic E-state index is 12.2. The van der Waals surface area contributed by atoms with Crippen molar-refractivity contribution in [2.75, 3.05) is 0 Å². The quantitative estimate of drug-likeness (QED) is 0.528. The van der Waals surface area contributed by atoms with Crippen LogP contribution in [0.3, 0.4) is 0 Å². The molecule has 0 atom stereocenters. The van der Waals surface area contributed by atoms with E-state index in [1.165, 1.54) is 0 Å². The number of hydrogen-bond donors (Lipinski definition) is 4. The van der Waals surface area contributed by atoms with Crippen molar-refractivity contribution in [3.05, 3.63) is 59.2 Å². The van der Waals surface area contributed by atoms with Gasteiger partial charge in [0, 0.05) is 5.39 Å². The SMILES string of the molecule is O=C(O)c1ccc(C(=O)N=Nc2c(O)[nH]c3ccccc23)c(C(=O)O)c1. The lowest BCUT2D eigenvalue weighted by Crippen LogP contribution is -2.09. The van der Waals surface area contributed by atoms with E-state index in [-0.39, 0.29) is 22.7 Å². The van der Waals surface area contributed by atoms with Gasteiger partial charge in [0.2, 0.25) is 5.88 Å². The first-order valence-corrected chi connectivity index (χ1v) is 7.25. The van der Waals surface area contributed by atoms with Gasteiger partial charge in [-0.25, -0.2) is 9.59 Å². The Bertz CT molecular complexity index is 1080. The number of hydrogen-bond acceptors (Lipinski definition) is 5. The number of aromatic amines is 1. The van der Waals surface area contributed by atoms with Gasteiger partial charge < -0.3 is 20.3 Å². The number of para-hydroxylation sites is 1. The molecule has 0 aliphatic rings. The molecule has 0 bridgehead atoms. The molecule has 0 saturated carbocycles. The van der Waals surface area contributed by atoms with Gasteiger partial charge in [0.15, 0.2) is 5.69 Å². The molecule has 0 saturated heterocycles. The third kappa shape index (κ3) is 3.00. The minimum atomic E-state index is -1.47. The highest BCUT2D eigenvalue weighted by Gasteiger charge is 2.19. The molecule has 4 N–H and O–H groups in total.